The van der Waals surface area contributed by atoms with Gasteiger partial charge in [0.1, 0.15) is 5.15 Å². The van der Waals surface area contributed by atoms with Crippen LogP contribution in [0.2, 0.25) is 5.15 Å². The molecule has 0 atom stereocenters. The molecule has 0 radical (unpaired) electrons. The molecule has 3 aromatic rings. The van der Waals surface area contributed by atoms with Crippen LogP contribution in [0.25, 0.3) is 22.3 Å². The summed E-state index contributed by atoms with van der Waals surface area (Å²) in [5, 5.41) is 11.9. The van der Waals surface area contributed by atoms with E-state index in [1.807, 2.05) is 25.1 Å². The average molecular weight is 300 g/mol. The summed E-state index contributed by atoms with van der Waals surface area (Å²) in [6, 6.07) is 11.9. The first-order chi connectivity index (χ1) is 10.0. The molecule has 2 aromatic carbocycles. The van der Waals surface area contributed by atoms with E-state index in [1.54, 1.807) is 12.1 Å². The van der Waals surface area contributed by atoms with Gasteiger partial charge in [0.2, 0.25) is 0 Å². The number of nitro benzene ring substituents is 1. The molecule has 5 nitrogen and oxygen atoms in total. The molecule has 0 saturated heterocycles. The van der Waals surface area contributed by atoms with Crippen LogP contribution in [-0.4, -0.2) is 14.9 Å². The first-order valence-corrected chi connectivity index (χ1v) is 6.61. The van der Waals surface area contributed by atoms with Crippen molar-refractivity contribution >= 4 is 28.2 Å². The lowest BCUT2D eigenvalue weighted by atomic mass is 10.1. The highest BCUT2D eigenvalue weighted by Gasteiger charge is 2.11. The number of nitro groups is 1. The second-order valence-electron chi connectivity index (χ2n) is 4.67. The van der Waals surface area contributed by atoms with E-state index in [-0.39, 0.29) is 5.69 Å². The minimum atomic E-state index is -0.449. The van der Waals surface area contributed by atoms with Gasteiger partial charge in [-0.2, -0.15) is 0 Å². The topological polar surface area (TPSA) is 68.9 Å². The number of halogens is 1. The molecule has 6 heteroatoms. The largest absolute Gasteiger partial charge is 0.270 e. The maximum Gasteiger partial charge on any atom is 0.270 e. The highest BCUT2D eigenvalue weighted by Crippen LogP contribution is 2.27. The van der Waals surface area contributed by atoms with Crippen LogP contribution in [0, 0.1) is 17.0 Å². The monoisotopic (exact) mass is 299 g/mol. The van der Waals surface area contributed by atoms with Gasteiger partial charge in [0.05, 0.1) is 10.4 Å². The Kier molecular flexibility index (Phi) is 3.27. The van der Waals surface area contributed by atoms with Crippen LogP contribution in [0.1, 0.15) is 5.56 Å². The lowest BCUT2D eigenvalue weighted by Crippen LogP contribution is -1.94. The molecule has 1 aromatic heterocycles. The van der Waals surface area contributed by atoms with Crippen LogP contribution in [0.4, 0.5) is 5.69 Å². The SMILES string of the molecule is Cc1ccc2nc(-c3cccc([N+](=O)[O-])c3)nc(Cl)c2c1. The molecular formula is C15H10ClN3O2. The van der Waals surface area contributed by atoms with E-state index in [1.165, 1.54) is 12.1 Å². The summed E-state index contributed by atoms with van der Waals surface area (Å²) in [5.74, 6) is 0.375. The number of nitrogens with zero attached hydrogens (tertiary/aromatic N) is 3. The van der Waals surface area contributed by atoms with Crippen molar-refractivity contribution in [2.45, 2.75) is 6.92 Å². The van der Waals surface area contributed by atoms with Gasteiger partial charge < -0.3 is 0 Å². The molecule has 0 saturated carbocycles. The Balaban J connectivity index is 2.19. The fraction of sp³-hybridized carbons (Fsp3) is 0.0667. The van der Waals surface area contributed by atoms with Crippen molar-refractivity contribution in [3.05, 3.63) is 63.3 Å². The van der Waals surface area contributed by atoms with Crippen molar-refractivity contribution < 1.29 is 4.92 Å². The molecule has 21 heavy (non-hydrogen) atoms. The highest BCUT2D eigenvalue weighted by atomic mass is 35.5. The highest BCUT2D eigenvalue weighted by molar-refractivity contribution is 6.34. The Labute approximate surface area is 125 Å². The van der Waals surface area contributed by atoms with E-state index in [4.69, 9.17) is 11.6 Å². The molecule has 0 fully saturated rings. The third-order valence-electron chi connectivity index (χ3n) is 3.12. The predicted molar refractivity (Wildman–Crippen MR) is 81.4 cm³/mol. The summed E-state index contributed by atoms with van der Waals surface area (Å²) in [6.45, 7) is 1.96. The van der Waals surface area contributed by atoms with Crippen LogP contribution in [-0.2, 0) is 0 Å². The molecule has 1 heterocycles. The normalized spacial score (nSPS) is 10.8. The number of non-ortho nitro benzene ring substituents is 1. The van der Waals surface area contributed by atoms with E-state index in [9.17, 15) is 10.1 Å². The Morgan fingerprint density at radius 2 is 1.95 bits per heavy atom. The lowest BCUT2D eigenvalue weighted by molar-refractivity contribution is -0.384. The van der Waals surface area contributed by atoms with Crippen molar-refractivity contribution in [2.24, 2.45) is 0 Å². The maximum atomic E-state index is 10.8. The molecule has 0 aliphatic heterocycles. The van der Waals surface area contributed by atoms with E-state index in [2.05, 4.69) is 9.97 Å². The molecule has 0 aliphatic carbocycles. The standard InChI is InChI=1S/C15H10ClN3O2/c1-9-5-6-13-12(7-9)14(16)18-15(17-13)10-3-2-4-11(8-10)19(20)21/h2-8H,1H3. The summed E-state index contributed by atoms with van der Waals surface area (Å²) >= 11 is 6.20. The van der Waals surface area contributed by atoms with Crippen LogP contribution < -0.4 is 0 Å². The number of hydrogen-bond acceptors (Lipinski definition) is 4. The van der Waals surface area contributed by atoms with Gasteiger partial charge in [0.25, 0.3) is 5.69 Å². The van der Waals surface area contributed by atoms with Gasteiger partial charge in [0.15, 0.2) is 5.82 Å². The smallest absolute Gasteiger partial charge is 0.258 e. The number of fused-ring (bicyclic) bond motifs is 1. The fourth-order valence-corrected chi connectivity index (χ4v) is 2.32. The molecule has 0 amide bonds. The Bertz CT molecular complexity index is 865. The quantitative estimate of drug-likeness (QED) is 0.404. The second kappa shape index (κ2) is 5.10. The third kappa shape index (κ3) is 2.55. The minimum Gasteiger partial charge on any atom is -0.258 e. The van der Waals surface area contributed by atoms with E-state index in [0.717, 1.165) is 10.9 Å². The number of benzene rings is 2. The molecular weight excluding hydrogens is 290 g/mol. The minimum absolute atomic E-state index is 0.00349. The number of rotatable bonds is 2. The van der Waals surface area contributed by atoms with Crippen molar-refractivity contribution in [1.29, 1.82) is 0 Å². The fourth-order valence-electron chi connectivity index (χ4n) is 2.09. The molecule has 3 rings (SSSR count). The molecule has 0 spiro atoms. The Morgan fingerprint density at radius 1 is 1.14 bits per heavy atom. The number of hydrogen-bond donors (Lipinski definition) is 0. The third-order valence-corrected chi connectivity index (χ3v) is 3.41. The van der Waals surface area contributed by atoms with Gasteiger partial charge >= 0.3 is 0 Å². The molecule has 104 valence electrons. The zero-order valence-corrected chi connectivity index (χ0v) is 11.8. The van der Waals surface area contributed by atoms with Crippen LogP contribution in [0.5, 0.6) is 0 Å². The predicted octanol–water partition coefficient (Wildman–Crippen LogP) is 4.17. The molecule has 0 unspecified atom stereocenters. The van der Waals surface area contributed by atoms with E-state index >= 15 is 0 Å². The van der Waals surface area contributed by atoms with Crippen molar-refractivity contribution in [1.82, 2.24) is 9.97 Å². The lowest BCUT2D eigenvalue weighted by Gasteiger charge is -2.05. The summed E-state index contributed by atoms with van der Waals surface area (Å²) in [5.41, 5.74) is 2.34. The average Bonchev–Trinajstić information content (AvgIpc) is 2.48. The van der Waals surface area contributed by atoms with Crippen molar-refractivity contribution in [3.63, 3.8) is 0 Å². The maximum absolute atomic E-state index is 10.8. The van der Waals surface area contributed by atoms with Crippen LogP contribution in [0.15, 0.2) is 42.5 Å². The van der Waals surface area contributed by atoms with E-state index in [0.29, 0.717) is 22.1 Å². The van der Waals surface area contributed by atoms with Crippen molar-refractivity contribution in [3.8, 4) is 11.4 Å². The summed E-state index contributed by atoms with van der Waals surface area (Å²) in [4.78, 5) is 19.1. The number of aryl methyl sites for hydroxylation is 1. The Morgan fingerprint density at radius 3 is 2.71 bits per heavy atom. The molecule has 0 N–H and O–H groups in total. The van der Waals surface area contributed by atoms with E-state index < -0.39 is 4.92 Å². The first-order valence-electron chi connectivity index (χ1n) is 6.23. The van der Waals surface area contributed by atoms with Crippen LogP contribution >= 0.6 is 11.6 Å². The summed E-state index contributed by atoms with van der Waals surface area (Å²) in [7, 11) is 0. The zero-order chi connectivity index (χ0) is 15.0. The molecule has 0 aliphatic rings. The van der Waals surface area contributed by atoms with Gasteiger partial charge in [-0.3, -0.25) is 10.1 Å². The Hall–Kier alpha value is -2.53. The van der Waals surface area contributed by atoms with Crippen LogP contribution in [0.3, 0.4) is 0 Å². The van der Waals surface area contributed by atoms with Gasteiger partial charge in [-0.25, -0.2) is 9.97 Å². The van der Waals surface area contributed by atoms with Gasteiger partial charge in [-0.1, -0.05) is 35.4 Å². The summed E-state index contributed by atoms with van der Waals surface area (Å²) < 4.78 is 0. The van der Waals surface area contributed by atoms with Gasteiger partial charge in [0, 0.05) is 23.1 Å². The summed E-state index contributed by atoms with van der Waals surface area (Å²) in [6.07, 6.45) is 0. The van der Waals surface area contributed by atoms with Crippen molar-refractivity contribution in [2.75, 3.05) is 0 Å². The number of aromatic nitrogens is 2. The zero-order valence-electron chi connectivity index (χ0n) is 11.1. The second-order valence-corrected chi connectivity index (χ2v) is 5.02. The molecule has 0 bridgehead atoms. The first kappa shape index (κ1) is 13.5. The van der Waals surface area contributed by atoms with Gasteiger partial charge in [-0.05, 0) is 19.1 Å². The van der Waals surface area contributed by atoms with Gasteiger partial charge in [-0.15, -0.1) is 0 Å².